The van der Waals surface area contributed by atoms with E-state index in [4.69, 9.17) is 0 Å². The van der Waals surface area contributed by atoms with Crippen molar-refractivity contribution in [3.63, 3.8) is 0 Å². The molecular formula is C13H21N3O2S. The molecule has 0 atom stereocenters. The van der Waals surface area contributed by atoms with Crippen molar-refractivity contribution in [2.45, 2.75) is 26.4 Å². The summed E-state index contributed by atoms with van der Waals surface area (Å²) in [6, 6.07) is 6.32. The van der Waals surface area contributed by atoms with Crippen molar-refractivity contribution < 1.29 is 8.42 Å². The molecule has 19 heavy (non-hydrogen) atoms. The molecule has 1 aromatic heterocycles. The number of rotatable bonds is 4. The van der Waals surface area contributed by atoms with E-state index in [1.165, 1.54) is 0 Å². The van der Waals surface area contributed by atoms with Crippen molar-refractivity contribution in [1.29, 1.82) is 0 Å². The highest BCUT2D eigenvalue weighted by Crippen LogP contribution is 2.15. The minimum absolute atomic E-state index is 0.225. The molecule has 0 saturated carbocycles. The number of nitrogens with one attached hydrogen (secondary N) is 1. The zero-order valence-corrected chi connectivity index (χ0v) is 12.3. The number of aromatic nitrogens is 1. The van der Waals surface area contributed by atoms with Crippen LogP contribution in [0.2, 0.25) is 0 Å². The molecule has 1 aromatic rings. The van der Waals surface area contributed by atoms with E-state index in [2.05, 4.69) is 24.1 Å². The number of anilines is 1. The molecule has 1 aliphatic heterocycles. The molecule has 1 N–H and O–H groups in total. The molecule has 0 aromatic carbocycles. The molecule has 0 amide bonds. The largest absolute Gasteiger partial charge is 0.355 e. The Morgan fingerprint density at radius 1 is 1.32 bits per heavy atom. The first kappa shape index (κ1) is 14.3. The molecule has 0 bridgehead atoms. The van der Waals surface area contributed by atoms with Crippen LogP contribution in [0.3, 0.4) is 0 Å². The van der Waals surface area contributed by atoms with Crippen LogP contribution in [0.5, 0.6) is 0 Å². The molecule has 106 valence electrons. The van der Waals surface area contributed by atoms with Crippen LogP contribution in [0.15, 0.2) is 18.2 Å². The molecule has 2 heterocycles. The minimum Gasteiger partial charge on any atom is -0.355 e. The second-order valence-corrected chi connectivity index (χ2v) is 7.47. The van der Waals surface area contributed by atoms with Crippen LogP contribution in [0.25, 0.3) is 0 Å². The highest BCUT2D eigenvalue weighted by molar-refractivity contribution is 7.91. The van der Waals surface area contributed by atoms with Crippen LogP contribution in [-0.4, -0.2) is 44.0 Å². The van der Waals surface area contributed by atoms with Crippen molar-refractivity contribution >= 4 is 15.7 Å². The van der Waals surface area contributed by atoms with Gasteiger partial charge in [0.2, 0.25) is 0 Å². The summed E-state index contributed by atoms with van der Waals surface area (Å²) in [5.74, 6) is 1.32. The summed E-state index contributed by atoms with van der Waals surface area (Å²) in [7, 11) is -2.84. The van der Waals surface area contributed by atoms with Crippen molar-refractivity contribution in [3.8, 4) is 0 Å². The van der Waals surface area contributed by atoms with Crippen LogP contribution in [0, 0.1) is 0 Å². The van der Waals surface area contributed by atoms with Gasteiger partial charge in [0.1, 0.15) is 5.82 Å². The minimum atomic E-state index is -2.84. The van der Waals surface area contributed by atoms with Gasteiger partial charge in [0.15, 0.2) is 9.84 Å². The zero-order valence-electron chi connectivity index (χ0n) is 11.5. The molecule has 0 unspecified atom stereocenters. The summed E-state index contributed by atoms with van der Waals surface area (Å²) in [4.78, 5) is 6.63. The third kappa shape index (κ3) is 4.18. The third-order valence-corrected chi connectivity index (χ3v) is 4.76. The molecule has 0 aliphatic carbocycles. The SMILES string of the molecule is CC(C)NCc1cccc(N2CCS(=O)(=O)CC2)n1. The van der Waals surface area contributed by atoms with Crippen LogP contribution in [-0.2, 0) is 16.4 Å². The second kappa shape index (κ2) is 5.88. The molecule has 0 radical (unpaired) electrons. The van der Waals surface area contributed by atoms with Gasteiger partial charge < -0.3 is 10.2 Å². The normalized spacial score (nSPS) is 18.8. The van der Waals surface area contributed by atoms with Gasteiger partial charge in [-0.1, -0.05) is 19.9 Å². The Kier molecular flexibility index (Phi) is 4.42. The Hall–Kier alpha value is -1.14. The molecule has 6 heteroatoms. The van der Waals surface area contributed by atoms with E-state index in [1.807, 2.05) is 23.1 Å². The molecule has 2 rings (SSSR count). The summed E-state index contributed by atoms with van der Waals surface area (Å²) in [6.45, 7) is 6.00. The topological polar surface area (TPSA) is 62.3 Å². The monoisotopic (exact) mass is 283 g/mol. The molecule has 1 aliphatic rings. The van der Waals surface area contributed by atoms with Crippen molar-refractivity contribution in [3.05, 3.63) is 23.9 Å². The predicted molar refractivity (Wildman–Crippen MR) is 77.1 cm³/mol. The average Bonchev–Trinajstić information content (AvgIpc) is 2.37. The number of pyridine rings is 1. The van der Waals surface area contributed by atoms with Gasteiger partial charge in [0.25, 0.3) is 0 Å². The first-order valence-corrected chi connectivity index (χ1v) is 8.43. The lowest BCUT2D eigenvalue weighted by Gasteiger charge is -2.28. The molecular weight excluding hydrogens is 262 g/mol. The highest BCUT2D eigenvalue weighted by Gasteiger charge is 2.22. The summed E-state index contributed by atoms with van der Waals surface area (Å²) in [5, 5.41) is 3.33. The molecule has 5 nitrogen and oxygen atoms in total. The fraction of sp³-hybridized carbons (Fsp3) is 0.615. The maximum absolute atomic E-state index is 11.4. The average molecular weight is 283 g/mol. The summed E-state index contributed by atoms with van der Waals surface area (Å²) in [5.41, 5.74) is 0.986. The Labute approximate surface area is 114 Å². The van der Waals surface area contributed by atoms with Gasteiger partial charge in [-0.15, -0.1) is 0 Å². The summed E-state index contributed by atoms with van der Waals surface area (Å²) < 4.78 is 22.8. The fourth-order valence-electron chi connectivity index (χ4n) is 1.99. The van der Waals surface area contributed by atoms with Gasteiger partial charge in [-0.05, 0) is 12.1 Å². The number of nitrogens with zero attached hydrogens (tertiary/aromatic N) is 2. The Morgan fingerprint density at radius 2 is 2.00 bits per heavy atom. The Morgan fingerprint density at radius 3 is 2.63 bits per heavy atom. The molecule has 0 spiro atoms. The van der Waals surface area contributed by atoms with Crippen molar-refractivity contribution in [2.75, 3.05) is 29.5 Å². The van der Waals surface area contributed by atoms with Gasteiger partial charge in [0.05, 0.1) is 17.2 Å². The van der Waals surface area contributed by atoms with Crippen molar-refractivity contribution in [2.24, 2.45) is 0 Å². The van der Waals surface area contributed by atoms with Crippen molar-refractivity contribution in [1.82, 2.24) is 10.3 Å². The predicted octanol–water partition coefficient (Wildman–Crippen LogP) is 0.814. The third-order valence-electron chi connectivity index (χ3n) is 3.15. The van der Waals surface area contributed by atoms with Gasteiger partial charge >= 0.3 is 0 Å². The van der Waals surface area contributed by atoms with Gasteiger partial charge in [-0.2, -0.15) is 0 Å². The Balaban J connectivity index is 2.03. The van der Waals surface area contributed by atoms with Gasteiger partial charge in [0, 0.05) is 25.7 Å². The first-order chi connectivity index (χ1) is 8.96. The molecule has 1 fully saturated rings. The summed E-state index contributed by atoms with van der Waals surface area (Å²) in [6.07, 6.45) is 0. The quantitative estimate of drug-likeness (QED) is 0.886. The van der Waals surface area contributed by atoms with Crippen LogP contribution < -0.4 is 10.2 Å². The number of hydrogen-bond donors (Lipinski definition) is 1. The van der Waals surface area contributed by atoms with E-state index >= 15 is 0 Å². The lowest BCUT2D eigenvalue weighted by atomic mass is 10.3. The van der Waals surface area contributed by atoms with E-state index in [0.717, 1.165) is 18.1 Å². The maximum atomic E-state index is 11.4. The smallest absolute Gasteiger partial charge is 0.153 e. The van der Waals surface area contributed by atoms with Gasteiger partial charge in [-0.25, -0.2) is 13.4 Å². The van der Waals surface area contributed by atoms with Gasteiger partial charge in [-0.3, -0.25) is 0 Å². The zero-order chi connectivity index (χ0) is 13.9. The number of hydrogen-bond acceptors (Lipinski definition) is 5. The molecule has 1 saturated heterocycles. The Bertz CT molecular complexity index is 514. The van der Waals surface area contributed by atoms with E-state index in [9.17, 15) is 8.42 Å². The van der Waals surface area contributed by atoms with E-state index < -0.39 is 9.84 Å². The summed E-state index contributed by atoms with van der Waals surface area (Å²) >= 11 is 0. The highest BCUT2D eigenvalue weighted by atomic mass is 32.2. The van der Waals surface area contributed by atoms with E-state index in [1.54, 1.807) is 0 Å². The lowest BCUT2D eigenvalue weighted by molar-refractivity contribution is 0.579. The maximum Gasteiger partial charge on any atom is 0.153 e. The lowest BCUT2D eigenvalue weighted by Crippen LogP contribution is -2.40. The second-order valence-electron chi connectivity index (χ2n) is 5.16. The van der Waals surface area contributed by atoms with E-state index in [-0.39, 0.29) is 11.5 Å². The van der Waals surface area contributed by atoms with Crippen LogP contribution >= 0.6 is 0 Å². The standard InChI is InChI=1S/C13H21N3O2S/c1-11(2)14-10-12-4-3-5-13(15-12)16-6-8-19(17,18)9-7-16/h3-5,11,14H,6-10H2,1-2H3. The fourth-order valence-corrected chi connectivity index (χ4v) is 3.19. The first-order valence-electron chi connectivity index (χ1n) is 6.61. The van der Waals surface area contributed by atoms with Crippen LogP contribution in [0.1, 0.15) is 19.5 Å². The van der Waals surface area contributed by atoms with E-state index in [0.29, 0.717) is 19.1 Å². The van der Waals surface area contributed by atoms with Crippen LogP contribution in [0.4, 0.5) is 5.82 Å². The number of sulfone groups is 1.